The van der Waals surface area contributed by atoms with Crippen LogP contribution in [0.15, 0.2) is 174 Å². The molecule has 232 valence electrons. The summed E-state index contributed by atoms with van der Waals surface area (Å²) in [5.74, 6) is 0.899. The Kier molecular flexibility index (Phi) is 6.21. The Bertz CT molecular complexity index is 2680. The van der Waals surface area contributed by atoms with Crippen LogP contribution in [0.4, 0.5) is 22.7 Å². The van der Waals surface area contributed by atoms with Gasteiger partial charge in [-0.05, 0) is 70.3 Å². The first-order valence-corrected chi connectivity index (χ1v) is 16.6. The number of ether oxygens (including phenoxy) is 1. The first-order chi connectivity index (χ1) is 24.3. The van der Waals surface area contributed by atoms with E-state index in [1.54, 1.807) is 0 Å². The van der Waals surface area contributed by atoms with Gasteiger partial charge in [-0.2, -0.15) is 0 Å². The van der Waals surface area contributed by atoms with Crippen LogP contribution in [0.3, 0.4) is 0 Å². The highest BCUT2D eigenvalue weighted by Crippen LogP contribution is 2.48. The second-order valence-electron chi connectivity index (χ2n) is 12.5. The number of fused-ring (bicyclic) bond motifs is 8. The normalized spacial score (nSPS) is 13.8. The van der Waals surface area contributed by atoms with Gasteiger partial charge in [0.2, 0.25) is 0 Å². The van der Waals surface area contributed by atoms with Crippen molar-refractivity contribution in [1.29, 1.82) is 0 Å². The minimum atomic E-state index is -0.224. The molecule has 9 aromatic rings. The Morgan fingerprint density at radius 2 is 1.20 bits per heavy atom. The Morgan fingerprint density at radius 1 is 0.490 bits per heavy atom. The van der Waals surface area contributed by atoms with Crippen LogP contribution in [0.25, 0.3) is 54.6 Å². The van der Waals surface area contributed by atoms with Crippen molar-refractivity contribution in [2.24, 2.45) is 0 Å². The molecule has 1 unspecified atom stereocenters. The molecule has 0 saturated carbocycles. The molecule has 0 aliphatic carbocycles. The summed E-state index contributed by atoms with van der Waals surface area (Å²) in [4.78, 5) is 2.36. The molecule has 49 heavy (non-hydrogen) atoms. The van der Waals surface area contributed by atoms with E-state index in [2.05, 4.69) is 150 Å². The van der Waals surface area contributed by atoms with Crippen LogP contribution in [-0.2, 0) is 0 Å². The van der Waals surface area contributed by atoms with Gasteiger partial charge in [-0.3, -0.25) is 0 Å². The summed E-state index contributed by atoms with van der Waals surface area (Å²) in [5, 5.41) is 10.4. The molecule has 0 bridgehead atoms. The van der Waals surface area contributed by atoms with E-state index >= 15 is 0 Å². The maximum absolute atomic E-state index is 6.63. The number of hydrogen-bond acceptors (Lipinski definition) is 4. The summed E-state index contributed by atoms with van der Waals surface area (Å²) >= 11 is 0. The number of benzene rings is 8. The minimum absolute atomic E-state index is 0.224. The topological polar surface area (TPSA) is 37.6 Å². The molecule has 1 atom stereocenters. The largest absolute Gasteiger partial charge is 0.464 e. The Balaban J connectivity index is 1.15. The van der Waals surface area contributed by atoms with Crippen LogP contribution in [0.1, 0.15) is 11.8 Å². The van der Waals surface area contributed by atoms with Gasteiger partial charge >= 0.3 is 0 Å². The van der Waals surface area contributed by atoms with Crippen molar-refractivity contribution in [2.45, 2.75) is 6.23 Å². The zero-order valence-corrected chi connectivity index (χ0v) is 26.5. The Morgan fingerprint density at radius 3 is 2.10 bits per heavy atom. The molecule has 0 spiro atoms. The fourth-order valence-corrected chi connectivity index (χ4v) is 7.45. The van der Waals surface area contributed by atoms with Gasteiger partial charge in [0.05, 0.1) is 11.4 Å². The van der Waals surface area contributed by atoms with Crippen molar-refractivity contribution in [1.82, 2.24) is 0 Å². The maximum Gasteiger partial charge on any atom is 0.196 e. The second-order valence-corrected chi connectivity index (χ2v) is 12.5. The molecular weight excluding hydrogens is 601 g/mol. The first kappa shape index (κ1) is 27.6. The molecule has 4 heteroatoms. The van der Waals surface area contributed by atoms with Gasteiger partial charge in [0.25, 0.3) is 0 Å². The quantitative estimate of drug-likeness (QED) is 0.192. The Hall–Kier alpha value is -6.52. The standard InChI is InChI=1S/C45H30N2O2/c1-3-12-30(13-4-1)45-46-38-27-24-29-22-23-31-28-33(25-26-34(31)42(29)44(38)49-45)47(32-14-5-2-6-15-32)39-19-9-7-16-35(39)36-18-11-21-41-43(36)37-17-8-10-20-40(37)48-41/h1-28,45-46H. The first-order valence-electron chi connectivity index (χ1n) is 16.6. The molecule has 2 heterocycles. The average Bonchev–Trinajstić information content (AvgIpc) is 3.78. The lowest BCUT2D eigenvalue weighted by molar-refractivity contribution is 0.263. The van der Waals surface area contributed by atoms with Crippen molar-refractivity contribution in [3.05, 3.63) is 175 Å². The van der Waals surface area contributed by atoms with E-state index in [1.165, 1.54) is 0 Å². The van der Waals surface area contributed by atoms with Crippen molar-refractivity contribution in [3.8, 4) is 16.9 Å². The number of nitrogens with zero attached hydrogens (tertiary/aromatic N) is 1. The lowest BCUT2D eigenvalue weighted by Gasteiger charge is -2.28. The van der Waals surface area contributed by atoms with Gasteiger partial charge in [0.15, 0.2) is 12.0 Å². The molecule has 0 amide bonds. The zero-order valence-electron chi connectivity index (χ0n) is 26.5. The lowest BCUT2D eigenvalue weighted by atomic mass is 9.96. The van der Waals surface area contributed by atoms with Crippen LogP contribution in [-0.4, -0.2) is 0 Å². The molecule has 1 aliphatic rings. The fourth-order valence-electron chi connectivity index (χ4n) is 7.45. The highest BCUT2D eigenvalue weighted by molar-refractivity contribution is 6.15. The molecule has 1 aliphatic heterocycles. The molecule has 10 rings (SSSR count). The van der Waals surface area contributed by atoms with Gasteiger partial charge in [-0.25, -0.2) is 0 Å². The molecule has 1 aromatic heterocycles. The summed E-state index contributed by atoms with van der Waals surface area (Å²) < 4.78 is 12.9. The van der Waals surface area contributed by atoms with Gasteiger partial charge in [-0.15, -0.1) is 0 Å². The third kappa shape index (κ3) is 4.45. The molecule has 4 nitrogen and oxygen atoms in total. The second kappa shape index (κ2) is 11.0. The number of furan rings is 1. The van der Waals surface area contributed by atoms with E-state index in [0.29, 0.717) is 0 Å². The average molecular weight is 631 g/mol. The highest BCUT2D eigenvalue weighted by atomic mass is 16.5. The molecule has 0 radical (unpaired) electrons. The van der Waals surface area contributed by atoms with E-state index in [9.17, 15) is 0 Å². The number of hydrogen-bond donors (Lipinski definition) is 1. The molecule has 1 N–H and O–H groups in total. The summed E-state index contributed by atoms with van der Waals surface area (Å²) in [6.07, 6.45) is -0.224. The summed E-state index contributed by atoms with van der Waals surface area (Å²) in [6, 6.07) is 59.7. The van der Waals surface area contributed by atoms with Gasteiger partial charge in [-0.1, -0.05) is 121 Å². The number of nitrogens with one attached hydrogen (secondary N) is 1. The van der Waals surface area contributed by atoms with Crippen molar-refractivity contribution >= 4 is 66.2 Å². The van der Waals surface area contributed by atoms with Gasteiger partial charge < -0.3 is 19.4 Å². The SMILES string of the molecule is c1ccc(C2Nc3ccc4ccc5cc(N(c6ccccc6)c6ccccc6-c6cccc7oc8ccccc8c67)ccc5c4c3O2)cc1. The van der Waals surface area contributed by atoms with E-state index in [1.807, 2.05) is 30.3 Å². The lowest BCUT2D eigenvalue weighted by Crippen LogP contribution is -2.11. The molecule has 0 saturated heterocycles. The Labute approximate surface area is 283 Å². The fraction of sp³-hybridized carbons (Fsp3) is 0.0222. The smallest absolute Gasteiger partial charge is 0.196 e. The predicted molar refractivity (Wildman–Crippen MR) is 202 cm³/mol. The predicted octanol–water partition coefficient (Wildman–Crippen LogP) is 12.5. The number of anilines is 4. The summed E-state index contributed by atoms with van der Waals surface area (Å²) in [7, 11) is 0. The summed E-state index contributed by atoms with van der Waals surface area (Å²) in [6.45, 7) is 0. The molecule has 8 aromatic carbocycles. The molecule has 0 fully saturated rings. The monoisotopic (exact) mass is 630 g/mol. The van der Waals surface area contributed by atoms with Crippen molar-refractivity contribution in [2.75, 3.05) is 10.2 Å². The van der Waals surface area contributed by atoms with Crippen LogP contribution >= 0.6 is 0 Å². The zero-order chi connectivity index (χ0) is 32.3. The van der Waals surface area contributed by atoms with E-state index < -0.39 is 0 Å². The highest BCUT2D eigenvalue weighted by Gasteiger charge is 2.26. The van der Waals surface area contributed by atoms with Crippen LogP contribution in [0.2, 0.25) is 0 Å². The van der Waals surface area contributed by atoms with Crippen LogP contribution in [0, 0.1) is 0 Å². The van der Waals surface area contributed by atoms with E-state index in [-0.39, 0.29) is 6.23 Å². The maximum atomic E-state index is 6.63. The number of rotatable bonds is 5. The third-order valence-corrected chi connectivity index (χ3v) is 9.67. The van der Waals surface area contributed by atoms with E-state index in [4.69, 9.17) is 9.15 Å². The van der Waals surface area contributed by atoms with Crippen molar-refractivity contribution < 1.29 is 9.15 Å². The number of para-hydroxylation sites is 3. The molecular formula is C45H30N2O2. The summed E-state index contributed by atoms with van der Waals surface area (Å²) in [5.41, 5.74) is 9.41. The van der Waals surface area contributed by atoms with Crippen molar-refractivity contribution in [3.63, 3.8) is 0 Å². The van der Waals surface area contributed by atoms with Crippen LogP contribution in [0.5, 0.6) is 5.75 Å². The van der Waals surface area contributed by atoms with Gasteiger partial charge in [0, 0.05) is 38.7 Å². The van der Waals surface area contributed by atoms with E-state index in [0.717, 1.165) is 88.7 Å². The van der Waals surface area contributed by atoms with Gasteiger partial charge in [0.1, 0.15) is 11.2 Å². The van der Waals surface area contributed by atoms with Crippen LogP contribution < -0.4 is 15.0 Å². The minimum Gasteiger partial charge on any atom is -0.464 e. The third-order valence-electron chi connectivity index (χ3n) is 9.67.